The SMILES string of the molecule is CCC1(C(C)C)CCC(=NO)CC1. The van der Waals surface area contributed by atoms with Gasteiger partial charge in [-0.2, -0.15) is 0 Å². The molecule has 0 radical (unpaired) electrons. The number of oxime groups is 1. The zero-order valence-corrected chi connectivity index (χ0v) is 9.01. The Morgan fingerprint density at radius 3 is 2.23 bits per heavy atom. The van der Waals surface area contributed by atoms with Gasteiger partial charge in [-0.3, -0.25) is 0 Å². The summed E-state index contributed by atoms with van der Waals surface area (Å²) in [5.74, 6) is 0.748. The first-order valence-electron chi connectivity index (χ1n) is 5.34. The summed E-state index contributed by atoms with van der Waals surface area (Å²) in [4.78, 5) is 0. The van der Waals surface area contributed by atoms with Crippen molar-refractivity contribution >= 4 is 5.71 Å². The summed E-state index contributed by atoms with van der Waals surface area (Å²) in [7, 11) is 0. The average molecular weight is 183 g/mol. The molecule has 0 atom stereocenters. The lowest BCUT2D eigenvalue weighted by atomic mass is 9.65. The van der Waals surface area contributed by atoms with Crippen molar-refractivity contribution < 1.29 is 5.21 Å². The zero-order valence-electron chi connectivity index (χ0n) is 9.01. The van der Waals surface area contributed by atoms with Crippen LogP contribution >= 0.6 is 0 Å². The summed E-state index contributed by atoms with van der Waals surface area (Å²) in [5.41, 5.74) is 1.50. The van der Waals surface area contributed by atoms with Gasteiger partial charge >= 0.3 is 0 Å². The van der Waals surface area contributed by atoms with E-state index in [9.17, 15) is 0 Å². The van der Waals surface area contributed by atoms with E-state index in [1.165, 1.54) is 19.3 Å². The maximum atomic E-state index is 8.66. The van der Waals surface area contributed by atoms with Gasteiger partial charge in [0.05, 0.1) is 5.71 Å². The first kappa shape index (κ1) is 10.6. The van der Waals surface area contributed by atoms with Gasteiger partial charge in [0.1, 0.15) is 0 Å². The molecule has 1 saturated carbocycles. The second-order valence-corrected chi connectivity index (χ2v) is 4.54. The van der Waals surface area contributed by atoms with Crippen LogP contribution in [0.25, 0.3) is 0 Å². The van der Waals surface area contributed by atoms with E-state index in [2.05, 4.69) is 25.9 Å². The van der Waals surface area contributed by atoms with E-state index in [0.717, 1.165) is 24.5 Å². The minimum absolute atomic E-state index is 0.508. The van der Waals surface area contributed by atoms with Crippen LogP contribution in [-0.2, 0) is 0 Å². The van der Waals surface area contributed by atoms with Crippen LogP contribution in [0, 0.1) is 11.3 Å². The molecule has 0 bridgehead atoms. The van der Waals surface area contributed by atoms with Gasteiger partial charge in [0, 0.05) is 0 Å². The van der Waals surface area contributed by atoms with Gasteiger partial charge in [0.15, 0.2) is 0 Å². The minimum atomic E-state index is 0.508. The molecule has 0 aliphatic heterocycles. The number of nitrogens with zero attached hydrogens (tertiary/aromatic N) is 1. The molecule has 76 valence electrons. The first-order chi connectivity index (χ1) is 6.14. The predicted molar refractivity (Wildman–Crippen MR) is 55.3 cm³/mol. The van der Waals surface area contributed by atoms with Crippen LogP contribution in [0.4, 0.5) is 0 Å². The molecule has 0 amide bonds. The van der Waals surface area contributed by atoms with E-state index in [0.29, 0.717) is 5.41 Å². The molecular formula is C11H21NO. The Morgan fingerprint density at radius 1 is 1.38 bits per heavy atom. The van der Waals surface area contributed by atoms with Crippen LogP contribution < -0.4 is 0 Å². The smallest absolute Gasteiger partial charge is 0.0571 e. The van der Waals surface area contributed by atoms with Crippen molar-refractivity contribution in [2.45, 2.75) is 52.9 Å². The summed E-state index contributed by atoms with van der Waals surface area (Å²) in [6, 6.07) is 0. The number of hydrogen-bond acceptors (Lipinski definition) is 2. The van der Waals surface area contributed by atoms with Crippen LogP contribution in [0.2, 0.25) is 0 Å². The number of rotatable bonds is 2. The van der Waals surface area contributed by atoms with E-state index in [4.69, 9.17) is 5.21 Å². The van der Waals surface area contributed by atoms with Crippen molar-refractivity contribution in [3.63, 3.8) is 0 Å². The van der Waals surface area contributed by atoms with E-state index >= 15 is 0 Å². The van der Waals surface area contributed by atoms with Crippen LogP contribution in [-0.4, -0.2) is 10.9 Å². The fraction of sp³-hybridized carbons (Fsp3) is 0.909. The highest BCUT2D eigenvalue weighted by atomic mass is 16.4. The van der Waals surface area contributed by atoms with E-state index < -0.39 is 0 Å². The maximum Gasteiger partial charge on any atom is 0.0571 e. The Balaban J connectivity index is 2.63. The van der Waals surface area contributed by atoms with Crippen molar-refractivity contribution in [3.8, 4) is 0 Å². The Kier molecular flexibility index (Phi) is 3.34. The van der Waals surface area contributed by atoms with Gasteiger partial charge in [-0.05, 0) is 37.0 Å². The third kappa shape index (κ3) is 2.04. The van der Waals surface area contributed by atoms with Gasteiger partial charge in [-0.15, -0.1) is 0 Å². The molecule has 1 aliphatic rings. The maximum absolute atomic E-state index is 8.66. The molecule has 13 heavy (non-hydrogen) atoms. The van der Waals surface area contributed by atoms with E-state index in [1.807, 2.05) is 0 Å². The molecule has 1 rings (SSSR count). The quantitative estimate of drug-likeness (QED) is 0.516. The Bertz CT molecular complexity index is 186. The van der Waals surface area contributed by atoms with Gasteiger partial charge < -0.3 is 5.21 Å². The van der Waals surface area contributed by atoms with Crippen molar-refractivity contribution in [2.24, 2.45) is 16.5 Å². The molecule has 0 aromatic rings. The van der Waals surface area contributed by atoms with Crippen LogP contribution in [0.3, 0.4) is 0 Å². The number of hydrogen-bond donors (Lipinski definition) is 1. The summed E-state index contributed by atoms with van der Waals surface area (Å²) in [6.45, 7) is 6.90. The van der Waals surface area contributed by atoms with Crippen molar-refractivity contribution in [3.05, 3.63) is 0 Å². The van der Waals surface area contributed by atoms with Gasteiger partial charge in [-0.1, -0.05) is 32.3 Å². The molecule has 1 fully saturated rings. The lowest BCUT2D eigenvalue weighted by Gasteiger charge is -2.40. The molecule has 0 unspecified atom stereocenters. The molecule has 0 spiro atoms. The van der Waals surface area contributed by atoms with Crippen LogP contribution in [0.1, 0.15) is 52.9 Å². The van der Waals surface area contributed by atoms with Crippen molar-refractivity contribution in [2.75, 3.05) is 0 Å². The molecule has 0 saturated heterocycles. The Labute approximate surface area is 81.0 Å². The average Bonchev–Trinajstić information content (AvgIpc) is 2.17. The van der Waals surface area contributed by atoms with E-state index in [-0.39, 0.29) is 0 Å². The Morgan fingerprint density at radius 2 is 1.92 bits per heavy atom. The highest BCUT2D eigenvalue weighted by molar-refractivity contribution is 5.84. The van der Waals surface area contributed by atoms with Gasteiger partial charge in [0.25, 0.3) is 0 Å². The largest absolute Gasteiger partial charge is 0.411 e. The molecule has 0 aromatic heterocycles. The zero-order chi connectivity index (χ0) is 9.90. The van der Waals surface area contributed by atoms with Gasteiger partial charge in [-0.25, -0.2) is 0 Å². The fourth-order valence-electron chi connectivity index (χ4n) is 2.48. The topological polar surface area (TPSA) is 32.6 Å². The lowest BCUT2D eigenvalue weighted by molar-refractivity contribution is 0.140. The fourth-order valence-corrected chi connectivity index (χ4v) is 2.48. The molecule has 2 heteroatoms. The summed E-state index contributed by atoms with van der Waals surface area (Å²) in [5, 5.41) is 12.0. The molecule has 1 aliphatic carbocycles. The monoisotopic (exact) mass is 183 g/mol. The third-order valence-corrected chi connectivity index (χ3v) is 3.89. The second-order valence-electron chi connectivity index (χ2n) is 4.54. The van der Waals surface area contributed by atoms with Crippen LogP contribution in [0.5, 0.6) is 0 Å². The summed E-state index contributed by atoms with van der Waals surface area (Å²) in [6.07, 6.45) is 5.62. The minimum Gasteiger partial charge on any atom is -0.411 e. The highest BCUT2D eigenvalue weighted by Crippen LogP contribution is 2.44. The molecular weight excluding hydrogens is 162 g/mol. The predicted octanol–water partition coefficient (Wildman–Crippen LogP) is 3.44. The highest BCUT2D eigenvalue weighted by Gasteiger charge is 2.35. The summed E-state index contributed by atoms with van der Waals surface area (Å²) >= 11 is 0. The first-order valence-corrected chi connectivity index (χ1v) is 5.34. The lowest BCUT2D eigenvalue weighted by Crippen LogP contribution is -2.32. The molecule has 1 N–H and O–H groups in total. The standard InChI is InChI=1S/C11H21NO/c1-4-11(9(2)3)7-5-10(12-13)6-8-11/h9,13H,4-8H2,1-3H3. The Hall–Kier alpha value is -0.530. The van der Waals surface area contributed by atoms with Crippen molar-refractivity contribution in [1.29, 1.82) is 0 Å². The van der Waals surface area contributed by atoms with E-state index in [1.54, 1.807) is 0 Å². The molecule has 0 aromatic carbocycles. The molecule has 0 heterocycles. The molecule has 2 nitrogen and oxygen atoms in total. The third-order valence-electron chi connectivity index (χ3n) is 3.89. The summed E-state index contributed by atoms with van der Waals surface area (Å²) < 4.78 is 0. The van der Waals surface area contributed by atoms with Gasteiger partial charge in [0.2, 0.25) is 0 Å². The van der Waals surface area contributed by atoms with Crippen LogP contribution in [0.15, 0.2) is 5.16 Å². The normalized spacial score (nSPS) is 29.4. The second kappa shape index (κ2) is 4.12. The van der Waals surface area contributed by atoms with Crippen molar-refractivity contribution in [1.82, 2.24) is 0 Å².